The molecule has 0 unspecified atom stereocenters. The van der Waals surface area contributed by atoms with Gasteiger partial charge in [0, 0.05) is 11.4 Å². The normalized spacial score (nSPS) is 21.1. The van der Waals surface area contributed by atoms with Gasteiger partial charge in [-0.2, -0.15) is 0 Å². The Kier molecular flexibility index (Phi) is 3.48. The van der Waals surface area contributed by atoms with E-state index in [0.717, 1.165) is 43.1 Å². The van der Waals surface area contributed by atoms with Crippen LogP contribution in [0.3, 0.4) is 0 Å². The first-order chi connectivity index (χ1) is 7.27. The van der Waals surface area contributed by atoms with E-state index < -0.39 is 0 Å². The third kappa shape index (κ3) is 2.08. The van der Waals surface area contributed by atoms with Crippen LogP contribution in [-0.2, 0) is 6.42 Å². The van der Waals surface area contributed by atoms with Gasteiger partial charge in [-0.1, -0.05) is 11.6 Å². The van der Waals surface area contributed by atoms with Crippen molar-refractivity contribution in [2.45, 2.75) is 24.9 Å². The average Bonchev–Trinajstić information content (AvgIpc) is 2.56. The van der Waals surface area contributed by atoms with E-state index in [1.165, 1.54) is 5.56 Å². The van der Waals surface area contributed by atoms with Crippen molar-refractivity contribution in [1.29, 1.82) is 0 Å². The van der Waals surface area contributed by atoms with Crippen LogP contribution in [0.25, 0.3) is 0 Å². The monoisotopic (exact) mass is 303 g/mol. The molecule has 2 aliphatic rings. The third-order valence-corrected chi connectivity index (χ3v) is 3.61. The first-order valence-electron chi connectivity index (χ1n) is 5.46. The summed E-state index contributed by atoms with van der Waals surface area (Å²) in [5.41, 5.74) is 1.32. The molecule has 3 rings (SSSR count). The molecule has 1 aromatic rings. The predicted molar refractivity (Wildman–Crippen MR) is 70.9 cm³/mol. The highest BCUT2D eigenvalue weighted by Gasteiger charge is 2.40. The fourth-order valence-electron chi connectivity index (χ4n) is 2.56. The highest BCUT2D eigenvalue weighted by Crippen LogP contribution is 2.40. The van der Waals surface area contributed by atoms with Crippen molar-refractivity contribution < 1.29 is 4.74 Å². The summed E-state index contributed by atoms with van der Waals surface area (Å²) in [6, 6.07) is 5.93. The molecule has 16 heavy (non-hydrogen) atoms. The van der Waals surface area contributed by atoms with Crippen LogP contribution < -0.4 is 10.1 Å². The van der Waals surface area contributed by atoms with E-state index in [1.807, 2.05) is 18.2 Å². The number of fused-ring (bicyclic) bond motifs is 1. The van der Waals surface area contributed by atoms with Crippen LogP contribution in [-0.4, -0.2) is 18.7 Å². The predicted octanol–water partition coefficient (Wildman–Crippen LogP) is 2.98. The Balaban J connectivity index is 0.000000963. The molecule has 0 bridgehead atoms. The van der Waals surface area contributed by atoms with Gasteiger partial charge in [0.2, 0.25) is 0 Å². The summed E-state index contributed by atoms with van der Waals surface area (Å²) >= 11 is 5.98. The van der Waals surface area contributed by atoms with Crippen LogP contribution in [0.5, 0.6) is 5.75 Å². The largest absolute Gasteiger partial charge is 0.487 e. The van der Waals surface area contributed by atoms with Crippen LogP contribution in [0, 0.1) is 0 Å². The Morgan fingerprint density at radius 2 is 2.00 bits per heavy atom. The van der Waals surface area contributed by atoms with Crippen LogP contribution >= 0.6 is 28.6 Å². The number of nitrogens with one attached hydrogen (secondary N) is 1. The molecular weight excluding hydrogens is 289 g/mol. The molecule has 4 heteroatoms. The zero-order valence-electron chi connectivity index (χ0n) is 8.96. The fraction of sp³-hybridized carbons (Fsp3) is 0.500. The first-order valence-corrected chi connectivity index (χ1v) is 5.83. The average molecular weight is 305 g/mol. The van der Waals surface area contributed by atoms with E-state index in [0.29, 0.717) is 0 Å². The van der Waals surface area contributed by atoms with E-state index >= 15 is 0 Å². The number of hydrogen-bond donors (Lipinski definition) is 1. The van der Waals surface area contributed by atoms with Crippen molar-refractivity contribution in [2.75, 3.05) is 13.1 Å². The van der Waals surface area contributed by atoms with Crippen molar-refractivity contribution in [3.63, 3.8) is 0 Å². The molecule has 0 atom stereocenters. The summed E-state index contributed by atoms with van der Waals surface area (Å²) in [6.07, 6.45) is 3.21. The standard InChI is InChI=1S/C12H14ClNO.BrH/c13-10-1-2-11-9(7-10)8-12(15-11)3-5-14-6-4-12;/h1-2,7,14H,3-6,8H2;1H. The van der Waals surface area contributed by atoms with Gasteiger partial charge in [0.1, 0.15) is 11.4 Å². The molecule has 1 spiro atoms. The van der Waals surface area contributed by atoms with Gasteiger partial charge < -0.3 is 10.1 Å². The van der Waals surface area contributed by atoms with E-state index in [-0.39, 0.29) is 22.6 Å². The van der Waals surface area contributed by atoms with Crippen molar-refractivity contribution in [3.8, 4) is 5.75 Å². The Hall–Kier alpha value is -0.250. The van der Waals surface area contributed by atoms with Crippen LogP contribution in [0.1, 0.15) is 18.4 Å². The van der Waals surface area contributed by atoms with Gasteiger partial charge in [0.25, 0.3) is 0 Å². The number of ether oxygens (including phenoxy) is 1. The molecule has 2 nitrogen and oxygen atoms in total. The van der Waals surface area contributed by atoms with Crippen LogP contribution in [0.4, 0.5) is 0 Å². The van der Waals surface area contributed by atoms with E-state index in [1.54, 1.807) is 0 Å². The number of benzene rings is 1. The fourth-order valence-corrected chi connectivity index (χ4v) is 2.76. The molecule has 0 aliphatic carbocycles. The van der Waals surface area contributed by atoms with E-state index in [9.17, 15) is 0 Å². The molecule has 1 fully saturated rings. The lowest BCUT2D eigenvalue weighted by Crippen LogP contribution is -2.45. The number of halogens is 2. The van der Waals surface area contributed by atoms with Crippen LogP contribution in [0.2, 0.25) is 5.02 Å². The molecule has 1 aromatic carbocycles. The summed E-state index contributed by atoms with van der Waals surface area (Å²) in [7, 11) is 0. The lowest BCUT2D eigenvalue weighted by atomic mass is 9.88. The van der Waals surface area contributed by atoms with Gasteiger partial charge >= 0.3 is 0 Å². The summed E-state index contributed by atoms with van der Waals surface area (Å²) < 4.78 is 6.09. The van der Waals surface area contributed by atoms with Gasteiger partial charge in [-0.15, -0.1) is 17.0 Å². The summed E-state index contributed by atoms with van der Waals surface area (Å²) in [5.74, 6) is 1.03. The molecule has 2 heterocycles. The second-order valence-electron chi connectivity index (χ2n) is 4.46. The topological polar surface area (TPSA) is 21.3 Å². The lowest BCUT2D eigenvalue weighted by molar-refractivity contribution is 0.0600. The first kappa shape index (κ1) is 12.2. The van der Waals surface area contributed by atoms with E-state index in [4.69, 9.17) is 16.3 Å². The van der Waals surface area contributed by atoms with Crippen LogP contribution in [0.15, 0.2) is 18.2 Å². The van der Waals surface area contributed by atoms with Crippen molar-refractivity contribution in [1.82, 2.24) is 5.32 Å². The molecule has 1 N–H and O–H groups in total. The second kappa shape index (κ2) is 4.55. The number of hydrogen-bond acceptors (Lipinski definition) is 2. The van der Waals surface area contributed by atoms with E-state index in [2.05, 4.69) is 5.32 Å². The summed E-state index contributed by atoms with van der Waals surface area (Å²) in [6.45, 7) is 2.11. The molecule has 0 saturated carbocycles. The minimum absolute atomic E-state index is 0. The molecule has 0 radical (unpaired) electrons. The number of piperidine rings is 1. The van der Waals surface area contributed by atoms with Gasteiger partial charge in [-0.3, -0.25) is 0 Å². The summed E-state index contributed by atoms with van der Waals surface area (Å²) in [5, 5.41) is 4.18. The second-order valence-corrected chi connectivity index (χ2v) is 4.90. The number of rotatable bonds is 0. The highest BCUT2D eigenvalue weighted by molar-refractivity contribution is 8.93. The molecular formula is C12H15BrClNO. The quantitative estimate of drug-likeness (QED) is 0.795. The Morgan fingerprint density at radius 1 is 1.25 bits per heavy atom. The SMILES string of the molecule is Br.Clc1ccc2c(c1)CC1(CCNCC1)O2. The maximum Gasteiger partial charge on any atom is 0.123 e. The van der Waals surface area contributed by atoms with Gasteiger partial charge in [0.15, 0.2) is 0 Å². The zero-order chi connectivity index (χ0) is 10.3. The molecule has 1 saturated heterocycles. The molecule has 88 valence electrons. The maximum absolute atomic E-state index is 6.09. The van der Waals surface area contributed by atoms with Gasteiger partial charge in [0.05, 0.1) is 0 Å². The maximum atomic E-state index is 6.09. The zero-order valence-corrected chi connectivity index (χ0v) is 11.4. The molecule has 0 amide bonds. The highest BCUT2D eigenvalue weighted by atomic mass is 79.9. The van der Waals surface area contributed by atoms with Crippen molar-refractivity contribution >= 4 is 28.6 Å². The van der Waals surface area contributed by atoms with Gasteiger partial charge in [-0.05, 0) is 49.7 Å². The smallest absolute Gasteiger partial charge is 0.123 e. The minimum atomic E-state index is 0. The Morgan fingerprint density at radius 3 is 2.75 bits per heavy atom. The lowest BCUT2D eigenvalue weighted by Gasteiger charge is -2.33. The van der Waals surface area contributed by atoms with Crippen molar-refractivity contribution in [3.05, 3.63) is 28.8 Å². The Labute approximate surface area is 111 Å². The Bertz CT molecular complexity index is 391. The summed E-state index contributed by atoms with van der Waals surface area (Å²) in [4.78, 5) is 0. The van der Waals surface area contributed by atoms with Gasteiger partial charge in [-0.25, -0.2) is 0 Å². The minimum Gasteiger partial charge on any atom is -0.487 e. The molecule has 0 aromatic heterocycles. The third-order valence-electron chi connectivity index (χ3n) is 3.38. The molecule has 2 aliphatic heterocycles. The van der Waals surface area contributed by atoms with Crippen molar-refractivity contribution in [2.24, 2.45) is 0 Å².